The van der Waals surface area contributed by atoms with Gasteiger partial charge in [0.05, 0.1) is 19.8 Å². The third kappa shape index (κ3) is 3.80. The number of nitrogens with zero attached hydrogens (tertiary/aromatic N) is 1. The van der Waals surface area contributed by atoms with E-state index in [9.17, 15) is 5.11 Å². The number of hydrogen-bond donors (Lipinski definition) is 3. The van der Waals surface area contributed by atoms with Crippen LogP contribution in [0.3, 0.4) is 0 Å². The lowest BCUT2D eigenvalue weighted by molar-refractivity contribution is 0.281. The van der Waals surface area contributed by atoms with Crippen LogP contribution in [0.25, 0.3) is 0 Å². The standard InChI is InChI=1S/C12H19NO4/c1-2-17-12-4-3-10(9-11(12)16)13(5-7-14)6-8-15/h3-4,9,14-16H,2,5-8H2,1H3. The van der Waals surface area contributed by atoms with Gasteiger partial charge in [-0.3, -0.25) is 0 Å². The van der Waals surface area contributed by atoms with Gasteiger partial charge in [0, 0.05) is 24.8 Å². The fourth-order valence-electron chi connectivity index (χ4n) is 1.59. The Kier molecular flexibility index (Phi) is 5.59. The van der Waals surface area contributed by atoms with E-state index in [0.29, 0.717) is 25.4 Å². The van der Waals surface area contributed by atoms with Crippen LogP contribution in [0.1, 0.15) is 6.92 Å². The van der Waals surface area contributed by atoms with E-state index in [-0.39, 0.29) is 19.0 Å². The molecular weight excluding hydrogens is 222 g/mol. The molecule has 0 aliphatic heterocycles. The third-order valence-corrected chi connectivity index (χ3v) is 2.35. The molecule has 0 saturated heterocycles. The minimum atomic E-state index is -0.00598. The first-order valence-electron chi connectivity index (χ1n) is 5.65. The Hall–Kier alpha value is -1.46. The molecule has 1 rings (SSSR count). The van der Waals surface area contributed by atoms with Crippen molar-refractivity contribution in [2.75, 3.05) is 37.8 Å². The molecule has 0 bridgehead atoms. The van der Waals surface area contributed by atoms with E-state index in [2.05, 4.69) is 0 Å². The molecular formula is C12H19NO4. The molecule has 0 radical (unpaired) electrons. The van der Waals surface area contributed by atoms with Gasteiger partial charge in [-0.15, -0.1) is 0 Å². The van der Waals surface area contributed by atoms with Crippen molar-refractivity contribution in [3.8, 4) is 11.5 Å². The van der Waals surface area contributed by atoms with E-state index in [1.807, 2.05) is 6.92 Å². The Morgan fingerprint density at radius 2 is 1.82 bits per heavy atom. The van der Waals surface area contributed by atoms with Crippen LogP contribution in [0.4, 0.5) is 5.69 Å². The number of aliphatic hydroxyl groups is 2. The Labute approximate surface area is 101 Å². The molecule has 5 nitrogen and oxygen atoms in total. The number of phenolic OH excluding ortho intramolecular Hbond substituents is 1. The molecule has 0 heterocycles. The number of anilines is 1. The van der Waals surface area contributed by atoms with E-state index >= 15 is 0 Å². The average Bonchev–Trinajstić information content (AvgIpc) is 2.32. The van der Waals surface area contributed by atoms with Gasteiger partial charge < -0.3 is 25.0 Å². The molecule has 0 spiro atoms. The minimum absolute atomic E-state index is 0.00598. The Morgan fingerprint density at radius 3 is 2.29 bits per heavy atom. The van der Waals surface area contributed by atoms with Crippen molar-refractivity contribution in [1.82, 2.24) is 0 Å². The predicted octanol–water partition coefficient (Wildman–Crippen LogP) is 0.582. The van der Waals surface area contributed by atoms with Crippen LogP contribution < -0.4 is 9.64 Å². The highest BCUT2D eigenvalue weighted by atomic mass is 16.5. The molecule has 1 aromatic rings. The van der Waals surface area contributed by atoms with Crippen LogP contribution in [0, 0.1) is 0 Å². The lowest BCUT2D eigenvalue weighted by Gasteiger charge is -2.23. The summed E-state index contributed by atoms with van der Waals surface area (Å²) in [5.41, 5.74) is 0.744. The van der Waals surface area contributed by atoms with Gasteiger partial charge in [-0.05, 0) is 19.1 Å². The molecule has 1 aromatic carbocycles. The maximum absolute atomic E-state index is 9.73. The van der Waals surface area contributed by atoms with Crippen molar-refractivity contribution >= 4 is 5.69 Å². The second-order valence-electron chi connectivity index (χ2n) is 3.52. The smallest absolute Gasteiger partial charge is 0.161 e. The van der Waals surface area contributed by atoms with E-state index in [0.717, 1.165) is 5.69 Å². The van der Waals surface area contributed by atoms with Crippen molar-refractivity contribution < 1.29 is 20.1 Å². The first kappa shape index (κ1) is 13.6. The van der Waals surface area contributed by atoms with Crippen LogP contribution in [0.5, 0.6) is 11.5 Å². The number of aliphatic hydroxyl groups excluding tert-OH is 2. The van der Waals surface area contributed by atoms with Crippen molar-refractivity contribution in [2.45, 2.75) is 6.92 Å². The van der Waals surface area contributed by atoms with Gasteiger partial charge >= 0.3 is 0 Å². The zero-order valence-electron chi connectivity index (χ0n) is 9.96. The van der Waals surface area contributed by atoms with Crippen molar-refractivity contribution in [2.24, 2.45) is 0 Å². The summed E-state index contributed by atoms with van der Waals surface area (Å²) >= 11 is 0. The molecule has 0 fully saturated rings. The summed E-state index contributed by atoms with van der Waals surface area (Å²) < 4.78 is 5.22. The van der Waals surface area contributed by atoms with Crippen LogP contribution in [-0.4, -0.2) is 48.2 Å². The molecule has 17 heavy (non-hydrogen) atoms. The van der Waals surface area contributed by atoms with Gasteiger partial charge in [0.2, 0.25) is 0 Å². The summed E-state index contributed by atoms with van der Waals surface area (Å²) in [6, 6.07) is 5.03. The highest BCUT2D eigenvalue weighted by molar-refractivity contribution is 5.55. The van der Waals surface area contributed by atoms with Crippen molar-refractivity contribution in [3.05, 3.63) is 18.2 Å². The molecule has 0 aliphatic rings. The fraction of sp³-hybridized carbons (Fsp3) is 0.500. The Morgan fingerprint density at radius 1 is 1.18 bits per heavy atom. The third-order valence-electron chi connectivity index (χ3n) is 2.35. The second-order valence-corrected chi connectivity index (χ2v) is 3.52. The summed E-state index contributed by atoms with van der Waals surface area (Å²) in [5, 5.41) is 27.6. The first-order valence-corrected chi connectivity index (χ1v) is 5.65. The fourth-order valence-corrected chi connectivity index (χ4v) is 1.59. The van der Waals surface area contributed by atoms with Crippen LogP contribution >= 0.6 is 0 Å². The highest BCUT2D eigenvalue weighted by Crippen LogP contribution is 2.30. The predicted molar refractivity (Wildman–Crippen MR) is 65.7 cm³/mol. The Balaban J connectivity index is 2.85. The summed E-state index contributed by atoms with van der Waals surface area (Å²) in [6.07, 6.45) is 0. The van der Waals surface area contributed by atoms with E-state index in [4.69, 9.17) is 14.9 Å². The molecule has 0 aliphatic carbocycles. The van der Waals surface area contributed by atoms with Crippen LogP contribution in [0.15, 0.2) is 18.2 Å². The number of phenols is 1. The van der Waals surface area contributed by atoms with E-state index < -0.39 is 0 Å². The summed E-state index contributed by atoms with van der Waals surface area (Å²) in [6.45, 7) is 3.14. The largest absolute Gasteiger partial charge is 0.504 e. The second kappa shape index (κ2) is 6.98. The normalized spacial score (nSPS) is 10.3. The SMILES string of the molecule is CCOc1ccc(N(CCO)CCO)cc1O. The maximum atomic E-state index is 9.73. The minimum Gasteiger partial charge on any atom is -0.504 e. The van der Waals surface area contributed by atoms with E-state index in [1.165, 1.54) is 0 Å². The molecule has 96 valence electrons. The molecule has 0 amide bonds. The number of benzene rings is 1. The average molecular weight is 241 g/mol. The summed E-state index contributed by atoms with van der Waals surface area (Å²) in [7, 11) is 0. The Bertz CT molecular complexity index is 337. The molecule has 0 aromatic heterocycles. The summed E-state index contributed by atoms with van der Waals surface area (Å²) in [4.78, 5) is 1.79. The molecule has 0 atom stereocenters. The van der Waals surface area contributed by atoms with E-state index in [1.54, 1.807) is 23.1 Å². The van der Waals surface area contributed by atoms with Gasteiger partial charge in [0.15, 0.2) is 11.5 Å². The van der Waals surface area contributed by atoms with Crippen molar-refractivity contribution in [3.63, 3.8) is 0 Å². The zero-order chi connectivity index (χ0) is 12.7. The van der Waals surface area contributed by atoms with Crippen LogP contribution in [0.2, 0.25) is 0 Å². The van der Waals surface area contributed by atoms with Gasteiger partial charge in [-0.1, -0.05) is 0 Å². The molecule has 0 unspecified atom stereocenters. The lowest BCUT2D eigenvalue weighted by Crippen LogP contribution is -2.29. The monoisotopic (exact) mass is 241 g/mol. The van der Waals surface area contributed by atoms with Gasteiger partial charge in [-0.2, -0.15) is 0 Å². The first-order chi connectivity index (χ1) is 8.22. The molecule has 0 saturated carbocycles. The zero-order valence-corrected chi connectivity index (χ0v) is 9.96. The van der Waals surface area contributed by atoms with Gasteiger partial charge in [0.25, 0.3) is 0 Å². The number of aromatic hydroxyl groups is 1. The van der Waals surface area contributed by atoms with Crippen LogP contribution in [-0.2, 0) is 0 Å². The molecule has 3 N–H and O–H groups in total. The van der Waals surface area contributed by atoms with Crippen molar-refractivity contribution in [1.29, 1.82) is 0 Å². The number of hydrogen-bond acceptors (Lipinski definition) is 5. The lowest BCUT2D eigenvalue weighted by atomic mass is 10.2. The number of ether oxygens (including phenoxy) is 1. The highest BCUT2D eigenvalue weighted by Gasteiger charge is 2.09. The van der Waals surface area contributed by atoms with Gasteiger partial charge in [-0.25, -0.2) is 0 Å². The maximum Gasteiger partial charge on any atom is 0.161 e. The number of rotatable bonds is 7. The summed E-state index contributed by atoms with van der Waals surface area (Å²) in [5.74, 6) is 0.495. The topological polar surface area (TPSA) is 73.2 Å². The van der Waals surface area contributed by atoms with Gasteiger partial charge in [0.1, 0.15) is 0 Å². The molecule has 5 heteroatoms. The quantitative estimate of drug-likeness (QED) is 0.651.